The molecule has 0 bridgehead atoms. The lowest BCUT2D eigenvalue weighted by molar-refractivity contribution is -0.123. The molecule has 1 aliphatic rings. The van der Waals surface area contributed by atoms with Crippen LogP contribution in [0.5, 0.6) is 0 Å². The third kappa shape index (κ3) is 4.85. The molecule has 1 saturated heterocycles. The van der Waals surface area contributed by atoms with Crippen molar-refractivity contribution >= 4 is 18.3 Å². The van der Waals surface area contributed by atoms with Gasteiger partial charge in [-0.1, -0.05) is 0 Å². The zero-order chi connectivity index (χ0) is 19.1. The number of aryl methyl sites for hydroxylation is 1. The van der Waals surface area contributed by atoms with Crippen LogP contribution in [0, 0.1) is 6.92 Å². The molecule has 3 heterocycles. The van der Waals surface area contributed by atoms with E-state index in [2.05, 4.69) is 20.4 Å². The molecule has 10 nitrogen and oxygen atoms in total. The maximum absolute atomic E-state index is 11.4. The topological polar surface area (TPSA) is 153 Å². The number of hydrogen-bond acceptors (Lipinski definition) is 6. The Morgan fingerprint density at radius 3 is 2.85 bits per heavy atom. The second kappa shape index (κ2) is 8.70. The molecule has 1 fully saturated rings. The number of amides is 2. The van der Waals surface area contributed by atoms with E-state index < -0.39 is 5.91 Å². The van der Waals surface area contributed by atoms with E-state index in [9.17, 15) is 9.59 Å². The first-order valence-electron chi connectivity index (χ1n) is 7.96. The maximum atomic E-state index is 11.4. The first-order valence-corrected chi connectivity index (χ1v) is 7.96. The molecule has 138 valence electrons. The number of hydrogen-bond donors (Lipinski definition) is 3. The molecule has 0 radical (unpaired) electrons. The molecule has 0 saturated carbocycles. The number of nitrogens with zero attached hydrogens (tertiary/aromatic N) is 4. The van der Waals surface area contributed by atoms with Crippen LogP contribution < -0.4 is 11.1 Å². The molecule has 10 heteroatoms. The Bertz CT molecular complexity index is 804. The number of carboxylic acid groups (broad SMARTS) is 1. The van der Waals surface area contributed by atoms with Crippen LogP contribution in [0.15, 0.2) is 18.5 Å². The van der Waals surface area contributed by atoms with Crippen molar-refractivity contribution in [2.75, 3.05) is 0 Å². The first kappa shape index (κ1) is 19.0. The molecule has 0 unspecified atom stereocenters. The molecule has 4 N–H and O–H groups in total. The highest BCUT2D eigenvalue weighted by Crippen LogP contribution is 2.17. The van der Waals surface area contributed by atoms with Crippen molar-refractivity contribution in [3.63, 3.8) is 0 Å². The molecule has 2 aromatic rings. The van der Waals surface area contributed by atoms with Gasteiger partial charge in [-0.25, -0.2) is 9.67 Å². The van der Waals surface area contributed by atoms with Gasteiger partial charge in [-0.05, 0) is 25.0 Å². The van der Waals surface area contributed by atoms with Gasteiger partial charge in [-0.2, -0.15) is 5.10 Å². The fraction of sp³-hybridized carbons (Fsp3) is 0.375. The summed E-state index contributed by atoms with van der Waals surface area (Å²) in [5.74, 6) is 0.656. The lowest BCUT2D eigenvalue weighted by atomic mass is 10.1. The third-order valence-electron chi connectivity index (χ3n) is 3.78. The molecule has 26 heavy (non-hydrogen) atoms. The van der Waals surface area contributed by atoms with Gasteiger partial charge in [0, 0.05) is 31.3 Å². The second-order valence-corrected chi connectivity index (χ2v) is 5.77. The maximum Gasteiger partial charge on any atom is 0.290 e. The van der Waals surface area contributed by atoms with E-state index in [1.54, 1.807) is 17.1 Å². The molecule has 0 aliphatic carbocycles. The summed E-state index contributed by atoms with van der Waals surface area (Å²) < 4.78 is 1.71. The van der Waals surface area contributed by atoms with E-state index in [1.165, 1.54) is 0 Å². The smallest absolute Gasteiger partial charge is 0.290 e. The normalized spacial score (nSPS) is 15.7. The number of primary amides is 1. The molecule has 0 aromatic carbocycles. The van der Waals surface area contributed by atoms with Crippen molar-refractivity contribution < 1.29 is 19.5 Å². The van der Waals surface area contributed by atoms with Gasteiger partial charge in [0.1, 0.15) is 5.82 Å². The molecule has 2 aromatic heterocycles. The molecular formula is C16H20N6O4. The summed E-state index contributed by atoms with van der Waals surface area (Å²) >= 11 is 0. The Morgan fingerprint density at radius 1 is 1.54 bits per heavy atom. The number of aromatic nitrogens is 4. The van der Waals surface area contributed by atoms with Gasteiger partial charge in [0.2, 0.25) is 11.8 Å². The molecule has 1 aliphatic heterocycles. The summed E-state index contributed by atoms with van der Waals surface area (Å²) in [6, 6.07) is 1.88. The van der Waals surface area contributed by atoms with Gasteiger partial charge in [0.25, 0.3) is 6.47 Å². The van der Waals surface area contributed by atoms with Gasteiger partial charge in [0.15, 0.2) is 5.82 Å². The van der Waals surface area contributed by atoms with Crippen molar-refractivity contribution in [2.24, 2.45) is 5.73 Å². The average Bonchev–Trinajstić information content (AvgIpc) is 3.15. The molecular weight excluding hydrogens is 340 g/mol. The van der Waals surface area contributed by atoms with Crippen molar-refractivity contribution in [2.45, 2.75) is 38.6 Å². The van der Waals surface area contributed by atoms with Crippen LogP contribution in [0.4, 0.5) is 0 Å². The largest absolute Gasteiger partial charge is 0.483 e. The van der Waals surface area contributed by atoms with Crippen molar-refractivity contribution in [3.05, 3.63) is 35.7 Å². The number of pyridine rings is 1. The van der Waals surface area contributed by atoms with E-state index in [1.807, 2.05) is 13.0 Å². The zero-order valence-electron chi connectivity index (χ0n) is 14.3. The average molecular weight is 360 g/mol. The predicted octanol–water partition coefficient (Wildman–Crippen LogP) is -0.480. The van der Waals surface area contributed by atoms with E-state index in [-0.39, 0.29) is 24.8 Å². The van der Waals surface area contributed by atoms with Crippen LogP contribution in [0.25, 0.3) is 5.69 Å². The van der Waals surface area contributed by atoms with Crippen molar-refractivity contribution in [1.82, 2.24) is 25.1 Å². The van der Waals surface area contributed by atoms with Crippen LogP contribution >= 0.6 is 0 Å². The summed E-state index contributed by atoms with van der Waals surface area (Å²) in [5, 5.41) is 14.2. The summed E-state index contributed by atoms with van der Waals surface area (Å²) in [6.45, 7) is 1.68. The minimum atomic E-state index is -0.477. The highest BCUT2D eigenvalue weighted by molar-refractivity contribution is 5.78. The Hall–Kier alpha value is -3.30. The number of carbonyl (C=O) groups is 3. The van der Waals surface area contributed by atoms with Gasteiger partial charge in [-0.3, -0.25) is 19.4 Å². The van der Waals surface area contributed by atoms with Gasteiger partial charge in [0.05, 0.1) is 12.1 Å². The molecule has 2 amide bonds. The van der Waals surface area contributed by atoms with E-state index in [4.69, 9.17) is 15.6 Å². The summed E-state index contributed by atoms with van der Waals surface area (Å²) in [5.41, 5.74) is 7.03. The van der Waals surface area contributed by atoms with Crippen LogP contribution in [0.3, 0.4) is 0 Å². The number of carbonyl (C=O) groups excluding carboxylic acids is 2. The summed E-state index contributed by atoms with van der Waals surface area (Å²) in [4.78, 5) is 39.4. The SMILES string of the molecule is Cc1cnccc1-n1nc(CC(N)=O)nc1C[C@H]1CCC(=O)N1.O=CO. The standard InChI is InChI=1S/C15H18N6O2.CH2O2/c1-9-8-17-5-4-11(9)21-14(6-10-2-3-15(23)18-10)19-13(20-21)7-12(16)22;2-1-3/h4-5,8,10H,2-3,6-7H2,1H3,(H2,16,22)(H,18,23);1H,(H,2,3)/t10-;/m1./s1. The number of nitrogens with two attached hydrogens (primary N) is 1. The fourth-order valence-corrected chi connectivity index (χ4v) is 2.70. The van der Waals surface area contributed by atoms with Crippen molar-refractivity contribution in [3.8, 4) is 5.69 Å². The van der Waals surface area contributed by atoms with Crippen LogP contribution in [0.1, 0.15) is 30.1 Å². The van der Waals surface area contributed by atoms with E-state index >= 15 is 0 Å². The Balaban J connectivity index is 0.000000758. The molecule has 0 spiro atoms. The lowest BCUT2D eigenvalue weighted by Gasteiger charge is -2.11. The monoisotopic (exact) mass is 360 g/mol. The van der Waals surface area contributed by atoms with Gasteiger partial charge >= 0.3 is 0 Å². The lowest BCUT2D eigenvalue weighted by Crippen LogP contribution is -2.28. The van der Waals surface area contributed by atoms with Crippen molar-refractivity contribution in [1.29, 1.82) is 0 Å². The van der Waals surface area contributed by atoms with E-state index in [0.29, 0.717) is 24.5 Å². The summed E-state index contributed by atoms with van der Waals surface area (Å²) in [7, 11) is 0. The first-order chi connectivity index (χ1) is 12.4. The minimum absolute atomic E-state index is 0.0127. The molecule has 3 rings (SSSR count). The Kier molecular flexibility index (Phi) is 6.36. The van der Waals surface area contributed by atoms with Gasteiger partial charge < -0.3 is 16.2 Å². The predicted molar refractivity (Wildman–Crippen MR) is 90.4 cm³/mol. The van der Waals surface area contributed by atoms with Crippen LogP contribution in [-0.4, -0.2) is 49.2 Å². The number of nitrogens with one attached hydrogen (secondary N) is 1. The second-order valence-electron chi connectivity index (χ2n) is 5.77. The van der Waals surface area contributed by atoms with Gasteiger partial charge in [-0.15, -0.1) is 0 Å². The van der Waals surface area contributed by atoms with E-state index in [0.717, 1.165) is 17.7 Å². The zero-order valence-corrected chi connectivity index (χ0v) is 14.3. The quantitative estimate of drug-likeness (QED) is 0.609. The number of rotatable bonds is 5. The third-order valence-corrected chi connectivity index (χ3v) is 3.78. The fourth-order valence-electron chi connectivity index (χ4n) is 2.70. The van der Waals surface area contributed by atoms with Crippen LogP contribution in [-0.2, 0) is 27.2 Å². The Labute approximate surface area is 149 Å². The summed E-state index contributed by atoms with van der Waals surface area (Å²) in [6.07, 6.45) is 5.26. The van der Waals surface area contributed by atoms with Crippen LogP contribution in [0.2, 0.25) is 0 Å². The highest BCUT2D eigenvalue weighted by atomic mass is 16.3. The minimum Gasteiger partial charge on any atom is -0.483 e. The Morgan fingerprint density at radius 2 is 2.27 bits per heavy atom. The molecule has 1 atom stereocenters. The highest BCUT2D eigenvalue weighted by Gasteiger charge is 2.24.